The zero-order chi connectivity index (χ0) is 11.8. The Hall–Kier alpha value is -1.65. The van der Waals surface area contributed by atoms with E-state index >= 15 is 0 Å². The maximum atomic E-state index is 11.2. The van der Waals surface area contributed by atoms with Gasteiger partial charge in [-0.05, 0) is 39.2 Å². The third-order valence-electron chi connectivity index (χ3n) is 2.95. The average molecular weight is 221 g/mol. The highest BCUT2D eigenvalue weighted by Crippen LogP contribution is 2.34. The first-order valence-electron chi connectivity index (χ1n) is 5.36. The molecule has 0 bridgehead atoms. The van der Waals surface area contributed by atoms with Crippen LogP contribution in [0.25, 0.3) is 0 Å². The van der Waals surface area contributed by atoms with Crippen molar-refractivity contribution in [3.63, 3.8) is 0 Å². The molecule has 0 saturated heterocycles. The van der Waals surface area contributed by atoms with E-state index in [1.807, 2.05) is 19.9 Å². The number of rotatable bonds is 3. The van der Waals surface area contributed by atoms with Crippen molar-refractivity contribution in [1.29, 1.82) is 0 Å². The van der Waals surface area contributed by atoms with Crippen LogP contribution in [0.15, 0.2) is 6.07 Å². The molecule has 5 heteroatoms. The lowest BCUT2D eigenvalue weighted by Gasteiger charge is -2.38. The third-order valence-corrected chi connectivity index (χ3v) is 2.95. The van der Waals surface area contributed by atoms with Gasteiger partial charge in [0, 0.05) is 11.4 Å². The number of hydrogen-bond acceptors (Lipinski definition) is 4. The number of aryl methyl sites for hydroxylation is 2. The highest BCUT2D eigenvalue weighted by molar-refractivity contribution is 5.83. The molecule has 0 amide bonds. The standard InChI is InChI=1S/C11H15N3O2/c1-7-6-8(2)13-10(12-7)14-11(9(15)16)4-3-5-11/h6H,3-5H2,1-2H3,(H,15,16)(H,12,13,14). The molecule has 16 heavy (non-hydrogen) atoms. The first-order chi connectivity index (χ1) is 7.52. The molecule has 1 aromatic rings. The van der Waals surface area contributed by atoms with Crippen LogP contribution in [0.4, 0.5) is 5.95 Å². The molecule has 2 rings (SSSR count). The lowest BCUT2D eigenvalue weighted by atomic mass is 9.77. The summed E-state index contributed by atoms with van der Waals surface area (Å²) < 4.78 is 0. The third kappa shape index (κ3) is 1.85. The highest BCUT2D eigenvalue weighted by atomic mass is 16.4. The number of aromatic nitrogens is 2. The van der Waals surface area contributed by atoms with E-state index in [-0.39, 0.29) is 0 Å². The molecule has 0 spiro atoms. The molecular formula is C11H15N3O2. The molecule has 1 fully saturated rings. The van der Waals surface area contributed by atoms with Gasteiger partial charge in [0.1, 0.15) is 5.54 Å². The van der Waals surface area contributed by atoms with Gasteiger partial charge in [0.15, 0.2) is 0 Å². The second kappa shape index (κ2) is 3.73. The van der Waals surface area contributed by atoms with Crippen LogP contribution in [0, 0.1) is 13.8 Å². The van der Waals surface area contributed by atoms with Gasteiger partial charge in [-0.25, -0.2) is 14.8 Å². The van der Waals surface area contributed by atoms with Crippen molar-refractivity contribution in [2.75, 3.05) is 5.32 Å². The smallest absolute Gasteiger partial charge is 0.329 e. The molecule has 1 aliphatic rings. The number of nitrogens with zero attached hydrogens (tertiary/aromatic N) is 2. The summed E-state index contributed by atoms with van der Waals surface area (Å²) in [6.45, 7) is 3.74. The average Bonchev–Trinajstić information content (AvgIpc) is 2.09. The van der Waals surface area contributed by atoms with Crippen molar-refractivity contribution in [1.82, 2.24) is 9.97 Å². The Morgan fingerprint density at radius 1 is 1.38 bits per heavy atom. The fourth-order valence-corrected chi connectivity index (χ4v) is 1.92. The van der Waals surface area contributed by atoms with E-state index in [0.29, 0.717) is 18.8 Å². The lowest BCUT2D eigenvalue weighted by molar-refractivity contribution is -0.145. The van der Waals surface area contributed by atoms with Crippen LogP contribution in [-0.4, -0.2) is 26.6 Å². The van der Waals surface area contributed by atoms with E-state index in [2.05, 4.69) is 15.3 Å². The molecule has 0 aromatic carbocycles. The van der Waals surface area contributed by atoms with Gasteiger partial charge in [-0.1, -0.05) is 0 Å². The summed E-state index contributed by atoms with van der Waals surface area (Å²) in [6, 6.07) is 1.86. The minimum absolute atomic E-state index is 0.416. The normalized spacial score (nSPS) is 17.6. The second-order valence-electron chi connectivity index (χ2n) is 4.34. The van der Waals surface area contributed by atoms with Gasteiger partial charge in [0.25, 0.3) is 0 Å². The number of carboxylic acids is 1. The number of carbonyl (C=O) groups is 1. The van der Waals surface area contributed by atoms with Crippen LogP contribution in [0.1, 0.15) is 30.7 Å². The maximum Gasteiger partial charge on any atom is 0.329 e. The minimum atomic E-state index is -0.847. The number of anilines is 1. The Kier molecular flexibility index (Phi) is 2.53. The van der Waals surface area contributed by atoms with Crippen molar-refractivity contribution in [2.24, 2.45) is 0 Å². The monoisotopic (exact) mass is 221 g/mol. The Balaban J connectivity index is 2.22. The zero-order valence-corrected chi connectivity index (χ0v) is 9.45. The van der Waals surface area contributed by atoms with Crippen LogP contribution in [0.3, 0.4) is 0 Å². The number of aliphatic carboxylic acids is 1. The van der Waals surface area contributed by atoms with Crippen molar-refractivity contribution in [3.05, 3.63) is 17.5 Å². The first kappa shape index (κ1) is 10.9. The Morgan fingerprint density at radius 2 is 1.94 bits per heavy atom. The van der Waals surface area contributed by atoms with E-state index in [4.69, 9.17) is 5.11 Å². The number of hydrogen-bond donors (Lipinski definition) is 2. The van der Waals surface area contributed by atoms with Crippen LogP contribution < -0.4 is 5.32 Å². The van der Waals surface area contributed by atoms with Crippen LogP contribution in [-0.2, 0) is 4.79 Å². The van der Waals surface area contributed by atoms with E-state index in [9.17, 15) is 4.79 Å². The second-order valence-corrected chi connectivity index (χ2v) is 4.34. The van der Waals surface area contributed by atoms with Crippen molar-refractivity contribution >= 4 is 11.9 Å². The molecule has 0 unspecified atom stereocenters. The van der Waals surface area contributed by atoms with Gasteiger partial charge in [-0.3, -0.25) is 0 Å². The van der Waals surface area contributed by atoms with Crippen LogP contribution in [0.5, 0.6) is 0 Å². The van der Waals surface area contributed by atoms with Crippen LogP contribution >= 0.6 is 0 Å². The molecule has 86 valence electrons. The van der Waals surface area contributed by atoms with Gasteiger partial charge in [0.05, 0.1) is 0 Å². The van der Waals surface area contributed by atoms with E-state index in [1.165, 1.54) is 0 Å². The SMILES string of the molecule is Cc1cc(C)nc(NC2(C(=O)O)CCC2)n1. The Morgan fingerprint density at radius 3 is 2.31 bits per heavy atom. The van der Waals surface area contributed by atoms with Gasteiger partial charge in [-0.2, -0.15) is 0 Å². The quantitative estimate of drug-likeness (QED) is 0.809. The van der Waals surface area contributed by atoms with Crippen molar-refractivity contribution in [3.8, 4) is 0 Å². The lowest BCUT2D eigenvalue weighted by Crippen LogP contribution is -2.52. The molecule has 1 aromatic heterocycles. The summed E-state index contributed by atoms with van der Waals surface area (Å²) in [6.07, 6.45) is 2.21. The van der Waals surface area contributed by atoms with Crippen molar-refractivity contribution in [2.45, 2.75) is 38.6 Å². The summed E-state index contributed by atoms with van der Waals surface area (Å²) in [7, 11) is 0. The van der Waals surface area contributed by atoms with Crippen molar-refractivity contribution < 1.29 is 9.90 Å². The summed E-state index contributed by atoms with van der Waals surface area (Å²) in [4.78, 5) is 19.6. The maximum absolute atomic E-state index is 11.2. The Labute approximate surface area is 93.9 Å². The summed E-state index contributed by atoms with van der Waals surface area (Å²) in [5.74, 6) is -0.402. The summed E-state index contributed by atoms with van der Waals surface area (Å²) in [5, 5.41) is 12.1. The molecule has 1 aliphatic carbocycles. The molecule has 5 nitrogen and oxygen atoms in total. The molecule has 0 aliphatic heterocycles. The van der Waals surface area contributed by atoms with Gasteiger partial charge in [-0.15, -0.1) is 0 Å². The fraction of sp³-hybridized carbons (Fsp3) is 0.545. The fourth-order valence-electron chi connectivity index (χ4n) is 1.92. The highest BCUT2D eigenvalue weighted by Gasteiger charge is 2.45. The molecule has 0 radical (unpaired) electrons. The molecule has 1 heterocycles. The van der Waals surface area contributed by atoms with Gasteiger partial charge < -0.3 is 10.4 Å². The van der Waals surface area contributed by atoms with E-state index in [1.54, 1.807) is 0 Å². The largest absolute Gasteiger partial charge is 0.480 e. The topological polar surface area (TPSA) is 75.1 Å². The predicted molar refractivity (Wildman–Crippen MR) is 59.3 cm³/mol. The number of nitrogens with one attached hydrogen (secondary N) is 1. The molecule has 0 atom stereocenters. The summed E-state index contributed by atoms with van der Waals surface area (Å²) >= 11 is 0. The van der Waals surface area contributed by atoms with E-state index < -0.39 is 11.5 Å². The van der Waals surface area contributed by atoms with E-state index in [0.717, 1.165) is 17.8 Å². The van der Waals surface area contributed by atoms with Crippen LogP contribution in [0.2, 0.25) is 0 Å². The van der Waals surface area contributed by atoms with Gasteiger partial charge in [0.2, 0.25) is 5.95 Å². The molecule has 1 saturated carbocycles. The number of carboxylic acid groups (broad SMARTS) is 1. The molecule has 2 N–H and O–H groups in total. The predicted octanol–water partition coefficient (Wildman–Crippen LogP) is 1.51. The first-order valence-corrected chi connectivity index (χ1v) is 5.36. The van der Waals surface area contributed by atoms with Gasteiger partial charge >= 0.3 is 5.97 Å². The zero-order valence-electron chi connectivity index (χ0n) is 9.45. The minimum Gasteiger partial charge on any atom is -0.480 e. The Bertz CT molecular complexity index is 407. The summed E-state index contributed by atoms with van der Waals surface area (Å²) in [5.41, 5.74) is 0.838. The molecular weight excluding hydrogens is 206 g/mol.